The molecule has 1 aliphatic heterocycles. The highest BCUT2D eigenvalue weighted by molar-refractivity contribution is 6.02. The van der Waals surface area contributed by atoms with Gasteiger partial charge in [-0.3, -0.25) is 15.1 Å². The maximum Gasteiger partial charge on any atom is 0.181 e. The molecule has 1 saturated heterocycles. The first-order chi connectivity index (χ1) is 8.36. The summed E-state index contributed by atoms with van der Waals surface area (Å²) in [6.45, 7) is 0. The van der Waals surface area contributed by atoms with Crippen molar-refractivity contribution in [2.45, 2.75) is 12.1 Å². The Morgan fingerprint density at radius 1 is 1.06 bits per heavy atom. The average molecular weight is 224 g/mol. The van der Waals surface area contributed by atoms with Crippen molar-refractivity contribution in [1.82, 2.24) is 10.3 Å². The number of hydrogen-bond acceptors (Lipinski definition) is 3. The quantitative estimate of drug-likeness (QED) is 0.640. The Hall–Kier alpha value is -2.00. The van der Waals surface area contributed by atoms with E-state index < -0.39 is 0 Å². The van der Waals surface area contributed by atoms with E-state index in [1.807, 2.05) is 42.5 Å². The van der Waals surface area contributed by atoms with Gasteiger partial charge in [-0.15, -0.1) is 0 Å². The highest BCUT2D eigenvalue weighted by Crippen LogP contribution is 2.31. The van der Waals surface area contributed by atoms with Crippen molar-refractivity contribution in [3.05, 3.63) is 66.0 Å². The second-order valence-corrected chi connectivity index (χ2v) is 4.13. The van der Waals surface area contributed by atoms with Gasteiger partial charge in [0.2, 0.25) is 0 Å². The third-order valence-electron chi connectivity index (χ3n) is 2.99. The van der Waals surface area contributed by atoms with Crippen LogP contribution in [0, 0.1) is 0 Å². The molecule has 0 bridgehead atoms. The van der Waals surface area contributed by atoms with Crippen LogP contribution in [0.25, 0.3) is 0 Å². The third kappa shape index (κ3) is 1.97. The molecule has 1 aromatic carbocycles. The standard InChI is InChI=1S/C14H12N2O/c17-14(11-4-2-1-3-5-11)13-12(16-13)10-6-8-15-9-7-10/h1-9,12-13,16H/t12-,13+/m1/s1. The summed E-state index contributed by atoms with van der Waals surface area (Å²) in [6.07, 6.45) is 3.50. The normalized spacial score (nSPS) is 22.1. The van der Waals surface area contributed by atoms with Gasteiger partial charge in [-0.2, -0.15) is 0 Å². The van der Waals surface area contributed by atoms with Crippen molar-refractivity contribution < 1.29 is 4.79 Å². The molecule has 0 spiro atoms. The molecule has 0 radical (unpaired) electrons. The molecule has 3 heteroatoms. The third-order valence-corrected chi connectivity index (χ3v) is 2.99. The summed E-state index contributed by atoms with van der Waals surface area (Å²) in [5.41, 5.74) is 1.89. The lowest BCUT2D eigenvalue weighted by atomic mass is 10.0. The van der Waals surface area contributed by atoms with Crippen LogP contribution in [0.15, 0.2) is 54.9 Å². The van der Waals surface area contributed by atoms with Gasteiger partial charge in [0.1, 0.15) is 0 Å². The number of ketones is 1. The topological polar surface area (TPSA) is 51.9 Å². The van der Waals surface area contributed by atoms with Crippen molar-refractivity contribution >= 4 is 5.78 Å². The van der Waals surface area contributed by atoms with E-state index in [4.69, 9.17) is 0 Å². The zero-order valence-corrected chi connectivity index (χ0v) is 9.21. The summed E-state index contributed by atoms with van der Waals surface area (Å²) in [5.74, 6) is 0.160. The molecule has 17 heavy (non-hydrogen) atoms. The highest BCUT2D eigenvalue weighted by atomic mass is 16.1. The summed E-state index contributed by atoms with van der Waals surface area (Å²) in [4.78, 5) is 16.1. The van der Waals surface area contributed by atoms with Gasteiger partial charge in [0.25, 0.3) is 0 Å². The average Bonchev–Trinajstić information content (AvgIpc) is 3.20. The Labute approximate surface area is 99.5 Å². The molecule has 2 aromatic rings. The molecule has 0 saturated carbocycles. The van der Waals surface area contributed by atoms with Gasteiger partial charge in [-0.25, -0.2) is 0 Å². The van der Waals surface area contributed by atoms with Crippen LogP contribution in [0.2, 0.25) is 0 Å². The van der Waals surface area contributed by atoms with Gasteiger partial charge in [0.15, 0.2) is 5.78 Å². The van der Waals surface area contributed by atoms with Crippen LogP contribution in [-0.2, 0) is 0 Å². The molecule has 1 N–H and O–H groups in total. The number of carbonyl (C=O) groups excluding carboxylic acids is 1. The van der Waals surface area contributed by atoms with Crippen LogP contribution in [0.3, 0.4) is 0 Å². The fourth-order valence-corrected chi connectivity index (χ4v) is 2.01. The first-order valence-corrected chi connectivity index (χ1v) is 5.61. The van der Waals surface area contributed by atoms with E-state index in [-0.39, 0.29) is 17.9 Å². The molecule has 1 aromatic heterocycles. The van der Waals surface area contributed by atoms with E-state index in [9.17, 15) is 4.79 Å². The maximum absolute atomic E-state index is 12.1. The zero-order valence-electron chi connectivity index (χ0n) is 9.21. The maximum atomic E-state index is 12.1. The largest absolute Gasteiger partial charge is 0.297 e. The predicted molar refractivity (Wildman–Crippen MR) is 64.7 cm³/mol. The Morgan fingerprint density at radius 2 is 1.76 bits per heavy atom. The van der Waals surface area contributed by atoms with Crippen LogP contribution < -0.4 is 5.32 Å². The molecular formula is C14H12N2O. The first-order valence-electron chi connectivity index (χ1n) is 5.61. The molecule has 1 aliphatic rings. The summed E-state index contributed by atoms with van der Waals surface area (Å²) in [6, 6.07) is 13.3. The van der Waals surface area contributed by atoms with Gasteiger partial charge in [-0.05, 0) is 17.7 Å². The molecule has 0 unspecified atom stereocenters. The van der Waals surface area contributed by atoms with Crippen molar-refractivity contribution in [1.29, 1.82) is 0 Å². The van der Waals surface area contributed by atoms with Crippen LogP contribution in [-0.4, -0.2) is 16.8 Å². The lowest BCUT2D eigenvalue weighted by molar-refractivity contribution is 0.0988. The Kier molecular flexibility index (Phi) is 2.46. The second-order valence-electron chi connectivity index (χ2n) is 4.13. The SMILES string of the molecule is O=C(c1ccccc1)[C@H]1N[C@@H]1c1ccncc1. The molecular weight excluding hydrogens is 212 g/mol. The summed E-state index contributed by atoms with van der Waals surface area (Å²) in [7, 11) is 0. The molecule has 0 aliphatic carbocycles. The van der Waals surface area contributed by atoms with Crippen LogP contribution in [0.4, 0.5) is 0 Å². The number of hydrogen-bond donors (Lipinski definition) is 1. The minimum Gasteiger partial charge on any atom is -0.297 e. The predicted octanol–water partition coefficient (Wildman–Crippen LogP) is 1.98. The van der Waals surface area contributed by atoms with Gasteiger partial charge < -0.3 is 0 Å². The number of nitrogens with zero attached hydrogens (tertiary/aromatic N) is 1. The van der Waals surface area contributed by atoms with E-state index in [1.54, 1.807) is 12.4 Å². The number of aromatic nitrogens is 1. The number of pyridine rings is 1. The number of Topliss-reactive ketones (excluding diaryl/α,β-unsaturated/α-hetero) is 1. The van der Waals surface area contributed by atoms with Crippen LogP contribution in [0.1, 0.15) is 22.0 Å². The zero-order chi connectivity index (χ0) is 11.7. The lowest BCUT2D eigenvalue weighted by Crippen LogP contribution is -2.09. The fourth-order valence-electron chi connectivity index (χ4n) is 2.01. The van der Waals surface area contributed by atoms with Crippen molar-refractivity contribution in [3.63, 3.8) is 0 Å². The fraction of sp³-hybridized carbons (Fsp3) is 0.143. The van der Waals surface area contributed by atoms with Crippen molar-refractivity contribution in [2.75, 3.05) is 0 Å². The summed E-state index contributed by atoms with van der Waals surface area (Å²) >= 11 is 0. The summed E-state index contributed by atoms with van der Waals surface area (Å²) in [5, 5.41) is 3.21. The molecule has 84 valence electrons. The minimum atomic E-state index is -0.0835. The van der Waals surface area contributed by atoms with Crippen LogP contribution in [0.5, 0.6) is 0 Å². The van der Waals surface area contributed by atoms with E-state index in [0.717, 1.165) is 11.1 Å². The number of benzene rings is 1. The second kappa shape index (κ2) is 4.11. The van der Waals surface area contributed by atoms with Crippen LogP contribution >= 0.6 is 0 Å². The molecule has 1 fully saturated rings. The van der Waals surface area contributed by atoms with E-state index >= 15 is 0 Å². The van der Waals surface area contributed by atoms with Gasteiger partial charge in [0.05, 0.1) is 12.1 Å². The molecule has 3 rings (SSSR count). The van der Waals surface area contributed by atoms with E-state index in [1.165, 1.54) is 0 Å². The molecule has 0 amide bonds. The summed E-state index contributed by atoms with van der Waals surface area (Å²) < 4.78 is 0. The lowest BCUT2D eigenvalue weighted by Gasteiger charge is -1.98. The Morgan fingerprint density at radius 3 is 2.47 bits per heavy atom. The Balaban J connectivity index is 1.76. The van der Waals surface area contributed by atoms with Gasteiger partial charge >= 0.3 is 0 Å². The van der Waals surface area contributed by atoms with Crippen molar-refractivity contribution in [3.8, 4) is 0 Å². The van der Waals surface area contributed by atoms with E-state index in [0.29, 0.717) is 0 Å². The van der Waals surface area contributed by atoms with Gasteiger partial charge in [0, 0.05) is 18.0 Å². The smallest absolute Gasteiger partial charge is 0.181 e. The molecule has 2 heterocycles. The van der Waals surface area contributed by atoms with E-state index in [2.05, 4.69) is 10.3 Å². The Bertz CT molecular complexity index is 524. The number of nitrogens with one attached hydrogen (secondary N) is 1. The molecule has 3 nitrogen and oxygen atoms in total. The minimum absolute atomic E-state index is 0.0835. The van der Waals surface area contributed by atoms with Gasteiger partial charge in [-0.1, -0.05) is 30.3 Å². The monoisotopic (exact) mass is 224 g/mol. The highest BCUT2D eigenvalue weighted by Gasteiger charge is 2.43. The van der Waals surface area contributed by atoms with Crippen molar-refractivity contribution in [2.24, 2.45) is 0 Å². The first kappa shape index (κ1) is 10.2. The number of rotatable bonds is 3. The number of carbonyl (C=O) groups is 1. The molecule has 2 atom stereocenters.